The summed E-state index contributed by atoms with van der Waals surface area (Å²) in [7, 11) is 0. The lowest BCUT2D eigenvalue weighted by atomic mass is 9.96. The van der Waals surface area contributed by atoms with Gasteiger partial charge < -0.3 is 10.3 Å². The van der Waals surface area contributed by atoms with Crippen molar-refractivity contribution in [3.05, 3.63) is 12.2 Å². The highest BCUT2D eigenvalue weighted by molar-refractivity contribution is 4.97. The molecule has 2 N–H and O–H groups in total. The van der Waals surface area contributed by atoms with Crippen molar-refractivity contribution < 1.29 is 0 Å². The molecule has 15 heavy (non-hydrogen) atoms. The van der Waals surface area contributed by atoms with E-state index in [1.165, 1.54) is 0 Å². The van der Waals surface area contributed by atoms with Gasteiger partial charge in [-0.25, -0.2) is 0 Å². The molecule has 86 valence electrons. The number of nitrogens with two attached hydrogens (primary N) is 1. The quantitative estimate of drug-likeness (QED) is 0.778. The third-order valence-corrected chi connectivity index (χ3v) is 2.52. The largest absolute Gasteiger partial charge is 0.330 e. The zero-order valence-corrected chi connectivity index (χ0v) is 9.98. The van der Waals surface area contributed by atoms with Gasteiger partial charge in [0.05, 0.1) is 0 Å². The van der Waals surface area contributed by atoms with E-state index in [0.717, 1.165) is 25.2 Å². The fourth-order valence-electron chi connectivity index (χ4n) is 1.87. The van der Waals surface area contributed by atoms with Crippen LogP contribution in [0.5, 0.6) is 0 Å². The summed E-state index contributed by atoms with van der Waals surface area (Å²) in [4.78, 5) is 0. The molecule has 1 heterocycles. The highest BCUT2D eigenvalue weighted by atomic mass is 15.3. The van der Waals surface area contributed by atoms with Gasteiger partial charge in [-0.1, -0.05) is 20.8 Å². The van der Waals surface area contributed by atoms with Crippen molar-refractivity contribution in [1.29, 1.82) is 0 Å². The van der Waals surface area contributed by atoms with E-state index in [1.54, 1.807) is 0 Å². The van der Waals surface area contributed by atoms with Gasteiger partial charge in [0.1, 0.15) is 12.2 Å². The number of aromatic nitrogens is 3. The van der Waals surface area contributed by atoms with Crippen LogP contribution in [0.1, 0.15) is 45.4 Å². The van der Waals surface area contributed by atoms with Crippen LogP contribution in [0.3, 0.4) is 0 Å². The summed E-state index contributed by atoms with van der Waals surface area (Å²) >= 11 is 0. The van der Waals surface area contributed by atoms with Gasteiger partial charge >= 0.3 is 0 Å². The van der Waals surface area contributed by atoms with E-state index in [9.17, 15) is 0 Å². The molecule has 0 aliphatic heterocycles. The summed E-state index contributed by atoms with van der Waals surface area (Å²) in [5, 5.41) is 8.17. The highest BCUT2D eigenvalue weighted by Crippen LogP contribution is 2.20. The van der Waals surface area contributed by atoms with Gasteiger partial charge in [0.2, 0.25) is 0 Å². The molecular formula is C11H22N4. The molecule has 1 unspecified atom stereocenters. The third kappa shape index (κ3) is 3.30. The smallest absolute Gasteiger partial charge is 0.137 e. The third-order valence-electron chi connectivity index (χ3n) is 2.52. The number of rotatable bonds is 6. The maximum Gasteiger partial charge on any atom is 0.137 e. The lowest BCUT2D eigenvalue weighted by Crippen LogP contribution is -2.19. The highest BCUT2D eigenvalue weighted by Gasteiger charge is 2.17. The summed E-state index contributed by atoms with van der Waals surface area (Å²) in [5.74, 6) is 2.04. The summed E-state index contributed by atoms with van der Waals surface area (Å²) in [6, 6.07) is 0. The molecule has 0 aliphatic rings. The maximum absolute atomic E-state index is 5.80. The Bertz CT molecular complexity index is 280. The van der Waals surface area contributed by atoms with Gasteiger partial charge in [-0.15, -0.1) is 10.2 Å². The Morgan fingerprint density at radius 1 is 1.47 bits per heavy atom. The Morgan fingerprint density at radius 3 is 2.73 bits per heavy atom. The summed E-state index contributed by atoms with van der Waals surface area (Å²) in [6.07, 6.45) is 3.99. The lowest BCUT2D eigenvalue weighted by molar-refractivity contribution is 0.467. The molecule has 1 atom stereocenters. The Balaban J connectivity index is 2.76. The van der Waals surface area contributed by atoms with E-state index < -0.39 is 0 Å². The fraction of sp³-hybridized carbons (Fsp3) is 0.818. The first-order valence-corrected chi connectivity index (χ1v) is 5.76. The lowest BCUT2D eigenvalue weighted by Gasteiger charge is -2.17. The Morgan fingerprint density at radius 2 is 2.20 bits per heavy atom. The van der Waals surface area contributed by atoms with Crippen molar-refractivity contribution in [3.63, 3.8) is 0 Å². The number of aryl methyl sites for hydroxylation is 1. The second kappa shape index (κ2) is 5.85. The molecule has 4 nitrogen and oxygen atoms in total. The average Bonchev–Trinajstić information content (AvgIpc) is 2.63. The maximum atomic E-state index is 5.80. The zero-order valence-electron chi connectivity index (χ0n) is 9.98. The molecule has 1 aromatic rings. The van der Waals surface area contributed by atoms with Crippen LogP contribution < -0.4 is 5.73 Å². The van der Waals surface area contributed by atoms with Gasteiger partial charge in [-0.05, 0) is 18.8 Å². The summed E-state index contributed by atoms with van der Waals surface area (Å²) in [5.41, 5.74) is 5.80. The van der Waals surface area contributed by atoms with Crippen LogP contribution in [0.2, 0.25) is 0 Å². The first-order chi connectivity index (χ1) is 7.19. The first-order valence-electron chi connectivity index (χ1n) is 5.76. The molecule has 1 rings (SSSR count). The minimum absolute atomic E-state index is 0.346. The standard InChI is InChI=1S/C11H22N4/c1-4-5-15-8-13-14-11(15)10(7-12)6-9(2)3/h8-10H,4-7,12H2,1-3H3. The second-order valence-electron chi connectivity index (χ2n) is 4.44. The normalized spacial score (nSPS) is 13.4. The van der Waals surface area contributed by atoms with Crippen molar-refractivity contribution in [2.45, 2.75) is 46.1 Å². The summed E-state index contributed by atoms with van der Waals surface area (Å²) in [6.45, 7) is 8.22. The SMILES string of the molecule is CCCn1cnnc1C(CN)CC(C)C. The predicted molar refractivity (Wildman–Crippen MR) is 61.6 cm³/mol. The van der Waals surface area contributed by atoms with Gasteiger partial charge in [-0.2, -0.15) is 0 Å². The van der Waals surface area contributed by atoms with Crippen molar-refractivity contribution in [3.8, 4) is 0 Å². The van der Waals surface area contributed by atoms with E-state index in [1.807, 2.05) is 6.33 Å². The van der Waals surface area contributed by atoms with Crippen LogP contribution in [0.4, 0.5) is 0 Å². The van der Waals surface area contributed by atoms with Crippen LogP contribution >= 0.6 is 0 Å². The molecule has 0 bridgehead atoms. The number of hydrogen-bond donors (Lipinski definition) is 1. The molecule has 0 fully saturated rings. The molecule has 0 radical (unpaired) electrons. The van der Waals surface area contributed by atoms with Crippen molar-refractivity contribution in [2.24, 2.45) is 11.7 Å². The number of nitrogens with zero attached hydrogens (tertiary/aromatic N) is 3. The minimum Gasteiger partial charge on any atom is -0.330 e. The van der Waals surface area contributed by atoms with Crippen molar-refractivity contribution >= 4 is 0 Å². The molecule has 0 aromatic carbocycles. The van der Waals surface area contributed by atoms with E-state index in [-0.39, 0.29) is 0 Å². The predicted octanol–water partition coefficient (Wildman–Crippen LogP) is 1.78. The second-order valence-corrected chi connectivity index (χ2v) is 4.44. The van der Waals surface area contributed by atoms with Gasteiger partial charge in [0.15, 0.2) is 0 Å². The Hall–Kier alpha value is -0.900. The monoisotopic (exact) mass is 210 g/mol. The minimum atomic E-state index is 0.346. The first kappa shape index (κ1) is 12.2. The van der Waals surface area contributed by atoms with Crippen LogP contribution in [0.25, 0.3) is 0 Å². The molecule has 0 aliphatic carbocycles. The van der Waals surface area contributed by atoms with E-state index >= 15 is 0 Å². The Labute approximate surface area is 91.9 Å². The van der Waals surface area contributed by atoms with E-state index in [2.05, 4.69) is 35.5 Å². The van der Waals surface area contributed by atoms with Gasteiger partial charge in [0, 0.05) is 19.0 Å². The topological polar surface area (TPSA) is 56.7 Å². The van der Waals surface area contributed by atoms with Crippen LogP contribution in [-0.2, 0) is 6.54 Å². The molecule has 0 spiro atoms. The van der Waals surface area contributed by atoms with E-state index in [4.69, 9.17) is 5.73 Å². The van der Waals surface area contributed by atoms with Gasteiger partial charge in [0.25, 0.3) is 0 Å². The molecule has 4 heteroatoms. The van der Waals surface area contributed by atoms with Crippen LogP contribution in [0.15, 0.2) is 6.33 Å². The van der Waals surface area contributed by atoms with E-state index in [0.29, 0.717) is 18.4 Å². The van der Waals surface area contributed by atoms with Crippen molar-refractivity contribution in [2.75, 3.05) is 6.54 Å². The van der Waals surface area contributed by atoms with Crippen LogP contribution in [0, 0.1) is 5.92 Å². The van der Waals surface area contributed by atoms with Crippen molar-refractivity contribution in [1.82, 2.24) is 14.8 Å². The molecule has 0 amide bonds. The molecule has 1 aromatic heterocycles. The average molecular weight is 210 g/mol. The molecule has 0 saturated heterocycles. The fourth-order valence-corrected chi connectivity index (χ4v) is 1.87. The molecule has 0 saturated carbocycles. The Kier molecular flexibility index (Phi) is 4.75. The number of hydrogen-bond acceptors (Lipinski definition) is 3. The molecular weight excluding hydrogens is 188 g/mol. The van der Waals surface area contributed by atoms with Crippen LogP contribution in [-0.4, -0.2) is 21.3 Å². The van der Waals surface area contributed by atoms with Gasteiger partial charge in [-0.3, -0.25) is 0 Å². The zero-order chi connectivity index (χ0) is 11.3. The summed E-state index contributed by atoms with van der Waals surface area (Å²) < 4.78 is 2.12.